The number of aryl methyl sites for hydroxylation is 2. The van der Waals surface area contributed by atoms with E-state index < -0.39 is 0 Å². The molecule has 10 heteroatoms. The van der Waals surface area contributed by atoms with Crippen LogP contribution in [0.2, 0.25) is 0 Å². The number of anilines is 2. The Bertz CT molecular complexity index is 1130. The zero-order valence-electron chi connectivity index (χ0n) is 15.8. The number of aromatic nitrogens is 7. The predicted molar refractivity (Wildman–Crippen MR) is 103 cm³/mol. The maximum atomic E-state index is 6.17. The highest BCUT2D eigenvalue weighted by molar-refractivity contribution is 5.66. The molecule has 0 radical (unpaired) electrons. The highest BCUT2D eigenvalue weighted by atomic mass is 16.3. The van der Waals surface area contributed by atoms with Crippen LogP contribution in [0.4, 0.5) is 11.5 Å². The van der Waals surface area contributed by atoms with Gasteiger partial charge in [0.25, 0.3) is 0 Å². The van der Waals surface area contributed by atoms with Crippen LogP contribution in [0.5, 0.6) is 0 Å². The third-order valence-electron chi connectivity index (χ3n) is 5.22. The minimum Gasteiger partial charge on any atom is -0.443 e. The number of nitrogens with two attached hydrogens (primary N) is 1. The third-order valence-corrected chi connectivity index (χ3v) is 5.22. The Kier molecular flexibility index (Phi) is 3.78. The molecule has 1 aliphatic rings. The van der Waals surface area contributed by atoms with E-state index in [1.165, 1.54) is 6.26 Å². The molecule has 0 amide bonds. The van der Waals surface area contributed by atoms with Crippen molar-refractivity contribution in [2.75, 3.05) is 23.7 Å². The van der Waals surface area contributed by atoms with Crippen LogP contribution in [0.1, 0.15) is 30.3 Å². The summed E-state index contributed by atoms with van der Waals surface area (Å²) in [5, 5.41) is 9.05. The lowest BCUT2D eigenvalue weighted by molar-refractivity contribution is 0.491. The standard InChI is InChI=1S/C18H21N9O/c1-11-14(18-20-5-7-28-18)22-15(19)17-23-16(24-27(11)17)12-4-3-6-26(9-12)13-8-21-25(2)10-13/h5,7-8,10,12H,3-4,6,9H2,1-2H3,(H2,19,22)/t12-/m1/s1. The van der Waals surface area contributed by atoms with Crippen LogP contribution in [-0.2, 0) is 7.05 Å². The number of fused-ring (bicyclic) bond motifs is 1. The Morgan fingerprint density at radius 1 is 1.29 bits per heavy atom. The van der Waals surface area contributed by atoms with Gasteiger partial charge in [-0.2, -0.15) is 10.2 Å². The highest BCUT2D eigenvalue weighted by Gasteiger charge is 2.27. The first-order valence-electron chi connectivity index (χ1n) is 9.26. The van der Waals surface area contributed by atoms with Crippen molar-refractivity contribution in [1.82, 2.24) is 34.3 Å². The molecule has 4 aromatic rings. The van der Waals surface area contributed by atoms with Gasteiger partial charge in [0.1, 0.15) is 12.0 Å². The Morgan fingerprint density at radius 3 is 2.93 bits per heavy atom. The number of hydrogen-bond acceptors (Lipinski definition) is 8. The van der Waals surface area contributed by atoms with E-state index in [0.717, 1.165) is 43.1 Å². The van der Waals surface area contributed by atoms with E-state index in [4.69, 9.17) is 20.2 Å². The molecule has 1 saturated heterocycles. The molecule has 1 fully saturated rings. The van der Waals surface area contributed by atoms with Gasteiger partial charge in [-0.25, -0.2) is 19.5 Å². The van der Waals surface area contributed by atoms with Gasteiger partial charge < -0.3 is 15.1 Å². The number of nitrogen functional groups attached to an aromatic ring is 1. The van der Waals surface area contributed by atoms with Gasteiger partial charge >= 0.3 is 0 Å². The molecule has 0 bridgehead atoms. The second-order valence-corrected chi connectivity index (χ2v) is 7.13. The summed E-state index contributed by atoms with van der Waals surface area (Å²) in [6.45, 7) is 3.77. The molecular weight excluding hydrogens is 358 g/mol. The van der Waals surface area contributed by atoms with Crippen LogP contribution < -0.4 is 10.6 Å². The van der Waals surface area contributed by atoms with Gasteiger partial charge in [0.05, 0.1) is 23.8 Å². The Labute approximate surface area is 161 Å². The molecule has 0 saturated carbocycles. The van der Waals surface area contributed by atoms with Crippen molar-refractivity contribution < 1.29 is 4.42 Å². The van der Waals surface area contributed by atoms with Crippen molar-refractivity contribution >= 4 is 17.2 Å². The molecule has 0 unspecified atom stereocenters. The van der Waals surface area contributed by atoms with Crippen molar-refractivity contribution in [1.29, 1.82) is 0 Å². The van der Waals surface area contributed by atoms with E-state index in [9.17, 15) is 0 Å². The number of oxazole rings is 1. The monoisotopic (exact) mass is 379 g/mol. The molecule has 0 aliphatic carbocycles. The fourth-order valence-electron chi connectivity index (χ4n) is 3.79. The zero-order valence-corrected chi connectivity index (χ0v) is 15.8. The average Bonchev–Trinajstić information content (AvgIpc) is 3.44. The highest BCUT2D eigenvalue weighted by Crippen LogP contribution is 2.30. The molecule has 10 nitrogen and oxygen atoms in total. The van der Waals surface area contributed by atoms with E-state index in [0.29, 0.717) is 23.0 Å². The molecule has 28 heavy (non-hydrogen) atoms. The zero-order chi connectivity index (χ0) is 19.3. The molecule has 1 aliphatic heterocycles. The van der Waals surface area contributed by atoms with Crippen LogP contribution in [0.15, 0.2) is 29.3 Å². The lowest BCUT2D eigenvalue weighted by Crippen LogP contribution is -2.34. The summed E-state index contributed by atoms with van der Waals surface area (Å²) in [4.78, 5) is 15.7. The summed E-state index contributed by atoms with van der Waals surface area (Å²) in [5.41, 5.74) is 9.24. The van der Waals surface area contributed by atoms with Crippen LogP contribution in [-0.4, -0.2) is 47.4 Å². The largest absolute Gasteiger partial charge is 0.443 e. The van der Waals surface area contributed by atoms with Gasteiger partial charge in [-0.15, -0.1) is 0 Å². The van der Waals surface area contributed by atoms with Gasteiger partial charge in [0.2, 0.25) is 5.89 Å². The Hall–Kier alpha value is -3.43. The number of hydrogen-bond donors (Lipinski definition) is 1. The van der Waals surface area contributed by atoms with E-state index in [1.807, 2.05) is 31.0 Å². The van der Waals surface area contributed by atoms with Crippen molar-refractivity contribution in [2.24, 2.45) is 7.05 Å². The average molecular weight is 379 g/mol. The fraction of sp³-hybridized carbons (Fsp3) is 0.389. The van der Waals surface area contributed by atoms with E-state index in [1.54, 1.807) is 10.7 Å². The molecule has 5 heterocycles. The Morgan fingerprint density at radius 2 is 2.18 bits per heavy atom. The SMILES string of the molecule is Cc1c(-c2ncco2)nc(N)c2nc([C@@H]3CCCN(c4cnn(C)c4)C3)nn12. The summed E-state index contributed by atoms with van der Waals surface area (Å²) in [6.07, 6.45) is 9.13. The summed E-state index contributed by atoms with van der Waals surface area (Å²) in [5.74, 6) is 1.74. The van der Waals surface area contributed by atoms with Gasteiger partial charge in [0, 0.05) is 32.3 Å². The lowest BCUT2D eigenvalue weighted by atomic mass is 9.97. The summed E-state index contributed by atoms with van der Waals surface area (Å²) < 4.78 is 8.96. The molecule has 4 aromatic heterocycles. The number of nitrogens with zero attached hydrogens (tertiary/aromatic N) is 8. The molecule has 1 atom stereocenters. The quantitative estimate of drug-likeness (QED) is 0.573. The minimum atomic E-state index is 0.220. The predicted octanol–water partition coefficient (Wildman–Crippen LogP) is 1.79. The van der Waals surface area contributed by atoms with E-state index >= 15 is 0 Å². The smallest absolute Gasteiger partial charge is 0.246 e. The van der Waals surface area contributed by atoms with Crippen molar-refractivity contribution in [3.8, 4) is 11.6 Å². The third kappa shape index (κ3) is 2.68. The molecular formula is C18H21N9O. The van der Waals surface area contributed by atoms with Gasteiger partial charge in [0.15, 0.2) is 17.3 Å². The first-order valence-corrected chi connectivity index (χ1v) is 9.26. The van der Waals surface area contributed by atoms with E-state index in [-0.39, 0.29) is 5.92 Å². The maximum absolute atomic E-state index is 6.17. The van der Waals surface area contributed by atoms with E-state index in [2.05, 4.69) is 20.0 Å². The number of rotatable bonds is 3. The molecule has 0 aromatic carbocycles. The van der Waals surface area contributed by atoms with Gasteiger partial charge in [-0.1, -0.05) is 0 Å². The van der Waals surface area contributed by atoms with Crippen LogP contribution in [0.25, 0.3) is 17.2 Å². The van der Waals surface area contributed by atoms with Crippen LogP contribution in [0.3, 0.4) is 0 Å². The number of piperidine rings is 1. The second-order valence-electron chi connectivity index (χ2n) is 7.13. The fourth-order valence-corrected chi connectivity index (χ4v) is 3.79. The first-order chi connectivity index (χ1) is 13.6. The summed E-state index contributed by atoms with van der Waals surface area (Å²) in [6, 6.07) is 0. The molecule has 144 valence electrons. The lowest BCUT2D eigenvalue weighted by Gasteiger charge is -2.32. The molecule has 2 N–H and O–H groups in total. The topological polar surface area (TPSA) is 116 Å². The summed E-state index contributed by atoms with van der Waals surface area (Å²) >= 11 is 0. The minimum absolute atomic E-state index is 0.220. The van der Waals surface area contributed by atoms with Crippen molar-refractivity contribution in [3.05, 3.63) is 36.4 Å². The van der Waals surface area contributed by atoms with Gasteiger partial charge in [-0.3, -0.25) is 4.68 Å². The van der Waals surface area contributed by atoms with Gasteiger partial charge in [-0.05, 0) is 19.8 Å². The second kappa shape index (κ2) is 6.32. The molecule has 0 spiro atoms. The first kappa shape index (κ1) is 16.7. The summed E-state index contributed by atoms with van der Waals surface area (Å²) in [7, 11) is 1.93. The maximum Gasteiger partial charge on any atom is 0.246 e. The van der Waals surface area contributed by atoms with Crippen molar-refractivity contribution in [2.45, 2.75) is 25.7 Å². The van der Waals surface area contributed by atoms with Crippen LogP contribution >= 0.6 is 0 Å². The van der Waals surface area contributed by atoms with Crippen molar-refractivity contribution in [3.63, 3.8) is 0 Å². The normalized spacial score (nSPS) is 17.5. The Balaban J connectivity index is 1.51. The molecule has 5 rings (SSSR count). The van der Waals surface area contributed by atoms with Crippen LogP contribution in [0, 0.1) is 6.92 Å².